The molecule has 6 heteroatoms. The van der Waals surface area contributed by atoms with Gasteiger partial charge >= 0.3 is 0 Å². The number of para-hydroxylation sites is 2. The van der Waals surface area contributed by atoms with Crippen LogP contribution in [-0.4, -0.2) is 38.1 Å². The second-order valence-corrected chi connectivity index (χ2v) is 6.60. The van der Waals surface area contributed by atoms with E-state index in [1.807, 2.05) is 55.5 Å². The highest BCUT2D eigenvalue weighted by molar-refractivity contribution is 6.04. The van der Waals surface area contributed by atoms with Crippen molar-refractivity contribution in [2.45, 2.75) is 19.9 Å². The van der Waals surface area contributed by atoms with Gasteiger partial charge in [-0.05, 0) is 24.6 Å². The molecular weight excluding hydrogens is 342 g/mol. The van der Waals surface area contributed by atoms with Crippen LogP contribution in [0.4, 0.5) is 11.4 Å². The fourth-order valence-corrected chi connectivity index (χ4v) is 2.97. The number of aryl methyl sites for hydroxylation is 1. The van der Waals surface area contributed by atoms with Gasteiger partial charge in [0.1, 0.15) is 6.42 Å². The number of anilines is 2. The molecule has 0 bridgehead atoms. The Hall–Kier alpha value is -2.86. The summed E-state index contributed by atoms with van der Waals surface area (Å²) >= 11 is 0. The van der Waals surface area contributed by atoms with Crippen LogP contribution in [0.15, 0.2) is 48.5 Å². The lowest BCUT2D eigenvalue weighted by molar-refractivity contribution is -0.126. The number of benzene rings is 2. The number of amides is 2. The molecular formula is C21H25N3O3. The highest BCUT2D eigenvalue weighted by Gasteiger charge is 2.16. The van der Waals surface area contributed by atoms with Gasteiger partial charge in [-0.2, -0.15) is 0 Å². The predicted molar refractivity (Wildman–Crippen MR) is 106 cm³/mol. The van der Waals surface area contributed by atoms with Gasteiger partial charge in [0, 0.05) is 19.6 Å². The molecule has 1 aliphatic heterocycles. The number of carbonyl (C=O) groups is 2. The highest BCUT2D eigenvalue weighted by atomic mass is 16.5. The predicted octanol–water partition coefficient (Wildman–Crippen LogP) is 2.48. The van der Waals surface area contributed by atoms with Crippen molar-refractivity contribution in [3.63, 3.8) is 0 Å². The van der Waals surface area contributed by atoms with Crippen LogP contribution in [0, 0.1) is 6.92 Å². The summed E-state index contributed by atoms with van der Waals surface area (Å²) in [7, 11) is 0. The van der Waals surface area contributed by atoms with Gasteiger partial charge in [0.2, 0.25) is 11.8 Å². The summed E-state index contributed by atoms with van der Waals surface area (Å²) in [6.45, 7) is 5.33. The molecule has 0 aromatic heterocycles. The number of rotatable bonds is 6. The molecule has 0 saturated carbocycles. The largest absolute Gasteiger partial charge is 0.378 e. The zero-order valence-corrected chi connectivity index (χ0v) is 15.5. The third kappa shape index (κ3) is 5.56. The van der Waals surface area contributed by atoms with E-state index in [0.29, 0.717) is 19.8 Å². The Labute approximate surface area is 159 Å². The van der Waals surface area contributed by atoms with Crippen LogP contribution in [0.3, 0.4) is 0 Å². The minimum absolute atomic E-state index is 0.205. The standard InChI is InChI=1S/C21H25N3O3/c1-16-6-8-17(9-7-16)15-22-20(25)14-21(26)23-18-4-2-3-5-19(18)24-10-12-27-13-11-24/h2-9H,10-15H2,1H3,(H,22,25)(H,23,26). The minimum Gasteiger partial charge on any atom is -0.378 e. The van der Waals surface area contributed by atoms with E-state index in [1.165, 1.54) is 5.56 Å². The third-order valence-electron chi connectivity index (χ3n) is 4.46. The number of ether oxygens (including phenoxy) is 1. The molecule has 2 N–H and O–H groups in total. The molecule has 1 heterocycles. The Morgan fingerprint density at radius 2 is 1.70 bits per heavy atom. The van der Waals surface area contributed by atoms with Gasteiger partial charge < -0.3 is 20.3 Å². The van der Waals surface area contributed by atoms with Crippen molar-refractivity contribution in [2.24, 2.45) is 0 Å². The lowest BCUT2D eigenvalue weighted by Crippen LogP contribution is -2.37. The van der Waals surface area contributed by atoms with Crippen LogP contribution >= 0.6 is 0 Å². The maximum atomic E-state index is 12.3. The van der Waals surface area contributed by atoms with Crippen molar-refractivity contribution < 1.29 is 14.3 Å². The molecule has 2 aromatic carbocycles. The first kappa shape index (κ1) is 18.9. The zero-order valence-electron chi connectivity index (χ0n) is 15.5. The summed E-state index contributed by atoms with van der Waals surface area (Å²) in [6, 6.07) is 15.6. The number of morpholine rings is 1. The van der Waals surface area contributed by atoms with E-state index in [0.717, 1.165) is 30.0 Å². The van der Waals surface area contributed by atoms with Gasteiger partial charge in [-0.25, -0.2) is 0 Å². The first-order valence-electron chi connectivity index (χ1n) is 9.15. The Kier molecular flexibility index (Phi) is 6.44. The van der Waals surface area contributed by atoms with Crippen LogP contribution in [0.25, 0.3) is 0 Å². The summed E-state index contributed by atoms with van der Waals surface area (Å²) in [5.74, 6) is -0.617. The van der Waals surface area contributed by atoms with Crippen molar-refractivity contribution in [2.75, 3.05) is 36.5 Å². The number of hydrogen-bond donors (Lipinski definition) is 2. The molecule has 2 amide bonds. The minimum atomic E-state index is -0.322. The maximum Gasteiger partial charge on any atom is 0.233 e. The summed E-state index contributed by atoms with van der Waals surface area (Å²) in [6.07, 6.45) is -0.205. The molecule has 0 aliphatic carbocycles. The molecule has 0 radical (unpaired) electrons. The van der Waals surface area contributed by atoms with Gasteiger partial charge in [-0.1, -0.05) is 42.0 Å². The second kappa shape index (κ2) is 9.19. The molecule has 142 valence electrons. The summed E-state index contributed by atoms with van der Waals surface area (Å²) in [4.78, 5) is 26.5. The summed E-state index contributed by atoms with van der Waals surface area (Å²) < 4.78 is 5.38. The first-order chi connectivity index (χ1) is 13.1. The molecule has 2 aromatic rings. The molecule has 6 nitrogen and oxygen atoms in total. The van der Waals surface area contributed by atoms with Gasteiger partial charge in [-0.15, -0.1) is 0 Å². The Morgan fingerprint density at radius 3 is 2.44 bits per heavy atom. The van der Waals surface area contributed by atoms with Crippen molar-refractivity contribution in [1.29, 1.82) is 0 Å². The van der Waals surface area contributed by atoms with Gasteiger partial charge in [-0.3, -0.25) is 9.59 Å². The third-order valence-corrected chi connectivity index (χ3v) is 4.46. The molecule has 0 spiro atoms. The normalized spacial score (nSPS) is 13.9. The number of nitrogens with one attached hydrogen (secondary N) is 2. The van der Waals surface area contributed by atoms with Crippen LogP contribution in [0.5, 0.6) is 0 Å². The topological polar surface area (TPSA) is 70.7 Å². The van der Waals surface area contributed by atoms with Crippen LogP contribution < -0.4 is 15.5 Å². The van der Waals surface area contributed by atoms with Gasteiger partial charge in [0.05, 0.1) is 24.6 Å². The van der Waals surface area contributed by atoms with Crippen molar-refractivity contribution in [1.82, 2.24) is 5.32 Å². The van der Waals surface area contributed by atoms with Crippen LogP contribution in [0.1, 0.15) is 17.5 Å². The summed E-state index contributed by atoms with van der Waals surface area (Å²) in [5, 5.41) is 5.65. The van der Waals surface area contributed by atoms with E-state index in [9.17, 15) is 9.59 Å². The van der Waals surface area contributed by atoms with Crippen molar-refractivity contribution in [3.05, 3.63) is 59.7 Å². The molecule has 0 unspecified atom stereocenters. The van der Waals surface area contributed by atoms with Crippen LogP contribution in [-0.2, 0) is 20.9 Å². The van der Waals surface area contributed by atoms with Crippen LogP contribution in [0.2, 0.25) is 0 Å². The number of nitrogens with zero attached hydrogens (tertiary/aromatic N) is 1. The van der Waals surface area contributed by atoms with E-state index in [-0.39, 0.29) is 18.2 Å². The van der Waals surface area contributed by atoms with E-state index >= 15 is 0 Å². The molecule has 1 fully saturated rings. The van der Waals surface area contributed by atoms with E-state index in [2.05, 4.69) is 15.5 Å². The van der Waals surface area contributed by atoms with E-state index in [1.54, 1.807) is 0 Å². The van der Waals surface area contributed by atoms with E-state index < -0.39 is 0 Å². The summed E-state index contributed by atoms with van der Waals surface area (Å²) in [5.41, 5.74) is 3.85. The first-order valence-corrected chi connectivity index (χ1v) is 9.15. The second-order valence-electron chi connectivity index (χ2n) is 6.60. The number of hydrogen-bond acceptors (Lipinski definition) is 4. The fraction of sp³-hybridized carbons (Fsp3) is 0.333. The molecule has 3 rings (SSSR count). The molecule has 1 aliphatic rings. The lowest BCUT2D eigenvalue weighted by Gasteiger charge is -2.30. The Balaban J connectivity index is 1.53. The van der Waals surface area contributed by atoms with Crippen molar-refractivity contribution in [3.8, 4) is 0 Å². The van der Waals surface area contributed by atoms with E-state index in [4.69, 9.17) is 4.74 Å². The Bertz CT molecular complexity index is 784. The molecule has 0 atom stereocenters. The molecule has 27 heavy (non-hydrogen) atoms. The molecule has 1 saturated heterocycles. The van der Waals surface area contributed by atoms with Gasteiger partial charge in [0.25, 0.3) is 0 Å². The smallest absolute Gasteiger partial charge is 0.233 e. The average molecular weight is 367 g/mol. The lowest BCUT2D eigenvalue weighted by atomic mass is 10.1. The van der Waals surface area contributed by atoms with Gasteiger partial charge in [0.15, 0.2) is 0 Å². The Morgan fingerprint density at radius 1 is 1.00 bits per heavy atom. The monoisotopic (exact) mass is 367 g/mol. The maximum absolute atomic E-state index is 12.3. The SMILES string of the molecule is Cc1ccc(CNC(=O)CC(=O)Nc2ccccc2N2CCOCC2)cc1. The quantitative estimate of drug-likeness (QED) is 0.770. The number of carbonyl (C=O) groups excluding carboxylic acids is 2. The van der Waals surface area contributed by atoms with Crippen molar-refractivity contribution >= 4 is 23.2 Å². The highest BCUT2D eigenvalue weighted by Crippen LogP contribution is 2.26. The zero-order chi connectivity index (χ0) is 19.1. The fourth-order valence-electron chi connectivity index (χ4n) is 2.97. The average Bonchev–Trinajstić information content (AvgIpc) is 2.68.